The van der Waals surface area contributed by atoms with Gasteiger partial charge in [0.05, 0.1) is 0 Å². The van der Waals surface area contributed by atoms with Crippen LogP contribution in [0.2, 0.25) is 0 Å². The van der Waals surface area contributed by atoms with Crippen LogP contribution < -0.4 is 5.32 Å². The summed E-state index contributed by atoms with van der Waals surface area (Å²) in [5.74, 6) is -0.100. The molecule has 1 saturated carbocycles. The minimum absolute atomic E-state index is 0.100. The SMILES string of the molecule is CNC1CC2(CCCCC2)c2ccc(F)cc21. The van der Waals surface area contributed by atoms with Crippen LogP contribution >= 0.6 is 0 Å². The monoisotopic (exact) mass is 233 g/mol. The Bertz CT molecular complexity index is 421. The first-order valence-electron chi connectivity index (χ1n) is 6.72. The quantitative estimate of drug-likeness (QED) is 0.780. The summed E-state index contributed by atoms with van der Waals surface area (Å²) in [5.41, 5.74) is 2.96. The molecule has 2 heteroatoms. The molecule has 0 bridgehead atoms. The van der Waals surface area contributed by atoms with Gasteiger partial charge in [0, 0.05) is 6.04 Å². The van der Waals surface area contributed by atoms with Crippen molar-refractivity contribution in [2.24, 2.45) is 0 Å². The first kappa shape index (κ1) is 11.2. The topological polar surface area (TPSA) is 12.0 Å². The molecule has 1 N–H and O–H groups in total. The zero-order valence-corrected chi connectivity index (χ0v) is 10.4. The normalized spacial score (nSPS) is 26.1. The molecule has 1 fully saturated rings. The molecule has 0 aliphatic heterocycles. The van der Waals surface area contributed by atoms with Gasteiger partial charge in [0.1, 0.15) is 5.82 Å². The summed E-state index contributed by atoms with van der Waals surface area (Å²) in [6, 6.07) is 5.75. The Kier molecular flexibility index (Phi) is 2.70. The molecule has 0 heterocycles. The van der Waals surface area contributed by atoms with Crippen molar-refractivity contribution in [2.45, 2.75) is 50.0 Å². The minimum Gasteiger partial charge on any atom is -0.313 e. The van der Waals surface area contributed by atoms with Crippen LogP contribution in [0.1, 0.15) is 55.7 Å². The van der Waals surface area contributed by atoms with Crippen molar-refractivity contribution in [3.8, 4) is 0 Å². The maximum atomic E-state index is 13.4. The van der Waals surface area contributed by atoms with E-state index in [0.717, 1.165) is 6.42 Å². The van der Waals surface area contributed by atoms with Crippen LogP contribution in [0, 0.1) is 5.82 Å². The Morgan fingerprint density at radius 1 is 1.24 bits per heavy atom. The number of nitrogens with one attached hydrogen (secondary N) is 1. The fourth-order valence-corrected chi connectivity index (χ4v) is 3.88. The number of rotatable bonds is 1. The van der Waals surface area contributed by atoms with E-state index in [0.29, 0.717) is 11.5 Å². The Hall–Kier alpha value is -0.890. The molecule has 1 nitrogen and oxygen atoms in total. The molecule has 3 rings (SSSR count). The van der Waals surface area contributed by atoms with E-state index in [2.05, 4.69) is 5.32 Å². The number of fused-ring (bicyclic) bond motifs is 2. The van der Waals surface area contributed by atoms with Crippen molar-refractivity contribution in [2.75, 3.05) is 7.05 Å². The lowest BCUT2D eigenvalue weighted by Gasteiger charge is -2.34. The van der Waals surface area contributed by atoms with Crippen LogP contribution in [-0.4, -0.2) is 7.05 Å². The molecule has 0 aromatic heterocycles. The third-order valence-corrected chi connectivity index (χ3v) is 4.71. The van der Waals surface area contributed by atoms with Gasteiger partial charge < -0.3 is 5.32 Å². The highest BCUT2D eigenvalue weighted by molar-refractivity contribution is 5.42. The van der Waals surface area contributed by atoms with Gasteiger partial charge in [0.2, 0.25) is 0 Å². The third kappa shape index (κ3) is 1.70. The third-order valence-electron chi connectivity index (χ3n) is 4.71. The molecule has 17 heavy (non-hydrogen) atoms. The number of benzene rings is 1. The molecule has 92 valence electrons. The first-order valence-corrected chi connectivity index (χ1v) is 6.72. The molecular weight excluding hydrogens is 213 g/mol. The lowest BCUT2D eigenvalue weighted by molar-refractivity contribution is 0.273. The molecule has 1 spiro atoms. The van der Waals surface area contributed by atoms with Crippen molar-refractivity contribution in [1.29, 1.82) is 0 Å². The van der Waals surface area contributed by atoms with Crippen molar-refractivity contribution in [3.05, 3.63) is 35.1 Å². The molecule has 0 radical (unpaired) electrons. The lowest BCUT2D eigenvalue weighted by Crippen LogP contribution is -2.27. The van der Waals surface area contributed by atoms with Crippen LogP contribution in [0.15, 0.2) is 18.2 Å². The van der Waals surface area contributed by atoms with Crippen molar-refractivity contribution >= 4 is 0 Å². The van der Waals surface area contributed by atoms with Crippen LogP contribution in [0.5, 0.6) is 0 Å². The van der Waals surface area contributed by atoms with E-state index >= 15 is 0 Å². The summed E-state index contributed by atoms with van der Waals surface area (Å²) in [7, 11) is 1.99. The van der Waals surface area contributed by atoms with Crippen LogP contribution in [0.3, 0.4) is 0 Å². The summed E-state index contributed by atoms with van der Waals surface area (Å²) < 4.78 is 13.4. The molecule has 1 atom stereocenters. The van der Waals surface area contributed by atoms with Gasteiger partial charge in [-0.1, -0.05) is 25.3 Å². The van der Waals surface area contributed by atoms with Crippen molar-refractivity contribution in [1.82, 2.24) is 5.32 Å². The predicted octanol–water partition coefficient (Wildman–Crippen LogP) is 3.69. The second-order valence-electron chi connectivity index (χ2n) is 5.62. The molecular formula is C15H20FN. The second-order valence-corrected chi connectivity index (χ2v) is 5.62. The van der Waals surface area contributed by atoms with E-state index < -0.39 is 0 Å². The highest BCUT2D eigenvalue weighted by Crippen LogP contribution is 2.52. The minimum atomic E-state index is -0.100. The second kappa shape index (κ2) is 4.09. The van der Waals surface area contributed by atoms with Gasteiger partial charge in [-0.25, -0.2) is 4.39 Å². The van der Waals surface area contributed by atoms with Crippen molar-refractivity contribution < 1.29 is 4.39 Å². The van der Waals surface area contributed by atoms with Crippen LogP contribution in [0.4, 0.5) is 4.39 Å². The summed E-state index contributed by atoms with van der Waals surface area (Å²) in [6.07, 6.45) is 7.74. The summed E-state index contributed by atoms with van der Waals surface area (Å²) in [5, 5.41) is 3.35. The van der Waals surface area contributed by atoms with E-state index in [9.17, 15) is 4.39 Å². The van der Waals surface area contributed by atoms with Gasteiger partial charge in [-0.05, 0) is 55.0 Å². The Balaban J connectivity index is 2.06. The molecule has 0 saturated heterocycles. The Labute approximate surface area is 102 Å². The van der Waals surface area contributed by atoms with E-state index in [1.807, 2.05) is 13.1 Å². The number of halogens is 1. The highest BCUT2D eigenvalue weighted by atomic mass is 19.1. The van der Waals surface area contributed by atoms with E-state index in [1.165, 1.54) is 43.2 Å². The molecule has 2 aliphatic rings. The zero-order valence-electron chi connectivity index (χ0n) is 10.4. The maximum Gasteiger partial charge on any atom is 0.123 e. The van der Waals surface area contributed by atoms with Gasteiger partial charge in [0.25, 0.3) is 0 Å². The van der Waals surface area contributed by atoms with Gasteiger partial charge in [-0.15, -0.1) is 0 Å². The fraction of sp³-hybridized carbons (Fsp3) is 0.600. The van der Waals surface area contributed by atoms with E-state index in [1.54, 1.807) is 12.1 Å². The smallest absolute Gasteiger partial charge is 0.123 e. The van der Waals surface area contributed by atoms with Gasteiger partial charge in [-0.3, -0.25) is 0 Å². The van der Waals surface area contributed by atoms with E-state index in [4.69, 9.17) is 0 Å². The zero-order chi connectivity index (χ0) is 11.9. The summed E-state index contributed by atoms with van der Waals surface area (Å²) in [4.78, 5) is 0. The van der Waals surface area contributed by atoms with Crippen molar-refractivity contribution in [3.63, 3.8) is 0 Å². The van der Waals surface area contributed by atoms with Gasteiger partial charge in [0.15, 0.2) is 0 Å². The lowest BCUT2D eigenvalue weighted by atomic mass is 9.70. The van der Waals surface area contributed by atoms with Gasteiger partial charge >= 0.3 is 0 Å². The molecule has 2 aliphatic carbocycles. The van der Waals surface area contributed by atoms with Gasteiger partial charge in [-0.2, -0.15) is 0 Å². The molecule has 1 aromatic rings. The van der Waals surface area contributed by atoms with E-state index in [-0.39, 0.29) is 5.82 Å². The molecule has 1 unspecified atom stereocenters. The van der Waals surface area contributed by atoms with Crippen LogP contribution in [-0.2, 0) is 5.41 Å². The highest BCUT2D eigenvalue weighted by Gasteiger charge is 2.43. The predicted molar refractivity (Wildman–Crippen MR) is 67.6 cm³/mol. The fourth-order valence-electron chi connectivity index (χ4n) is 3.88. The van der Waals surface area contributed by atoms with Crippen LogP contribution in [0.25, 0.3) is 0 Å². The number of hydrogen-bond donors (Lipinski definition) is 1. The Morgan fingerprint density at radius 2 is 2.00 bits per heavy atom. The number of hydrogen-bond acceptors (Lipinski definition) is 1. The Morgan fingerprint density at radius 3 is 2.71 bits per heavy atom. The molecule has 1 aromatic carbocycles. The average Bonchev–Trinajstić information content (AvgIpc) is 2.64. The standard InChI is InChI=1S/C15H20FN/c1-17-14-10-15(7-3-2-4-8-15)13-6-5-11(16)9-12(13)14/h5-6,9,14,17H,2-4,7-8,10H2,1H3. The summed E-state index contributed by atoms with van der Waals surface area (Å²) in [6.45, 7) is 0. The summed E-state index contributed by atoms with van der Waals surface area (Å²) >= 11 is 0. The average molecular weight is 233 g/mol. The molecule has 0 amide bonds. The first-order chi connectivity index (χ1) is 8.25. The maximum absolute atomic E-state index is 13.4. The largest absolute Gasteiger partial charge is 0.313 e.